The van der Waals surface area contributed by atoms with Gasteiger partial charge >= 0.3 is 0 Å². The SMILES string of the molecule is O=C(NC1CCOC1)c1cc(-c2ccncc2)on1. The van der Waals surface area contributed by atoms with Crippen LogP contribution in [0.15, 0.2) is 35.1 Å². The van der Waals surface area contributed by atoms with Gasteiger partial charge in [-0.25, -0.2) is 0 Å². The molecule has 1 aliphatic rings. The number of nitrogens with one attached hydrogen (secondary N) is 1. The van der Waals surface area contributed by atoms with Gasteiger partial charge in [-0.05, 0) is 18.6 Å². The summed E-state index contributed by atoms with van der Waals surface area (Å²) >= 11 is 0. The molecule has 3 heterocycles. The Labute approximate surface area is 109 Å². The first-order valence-corrected chi connectivity index (χ1v) is 6.08. The molecular weight excluding hydrogens is 246 g/mol. The fraction of sp³-hybridized carbons (Fsp3) is 0.308. The standard InChI is InChI=1S/C13H13N3O3/c17-13(15-10-3-6-18-8-10)11-7-12(19-16-11)9-1-4-14-5-2-9/h1-2,4-5,7,10H,3,6,8H2,(H,15,17). The molecule has 0 radical (unpaired) electrons. The average molecular weight is 259 g/mol. The predicted octanol–water partition coefficient (Wildman–Crippen LogP) is 1.26. The van der Waals surface area contributed by atoms with E-state index in [1.807, 2.05) is 0 Å². The zero-order valence-corrected chi connectivity index (χ0v) is 10.2. The quantitative estimate of drug-likeness (QED) is 0.897. The van der Waals surface area contributed by atoms with Crippen molar-refractivity contribution in [2.24, 2.45) is 0 Å². The minimum Gasteiger partial charge on any atom is -0.379 e. The van der Waals surface area contributed by atoms with Gasteiger partial charge in [-0.2, -0.15) is 0 Å². The third-order valence-electron chi connectivity index (χ3n) is 2.97. The van der Waals surface area contributed by atoms with Crippen LogP contribution in [0.25, 0.3) is 11.3 Å². The van der Waals surface area contributed by atoms with Crippen LogP contribution in [0.2, 0.25) is 0 Å². The maximum Gasteiger partial charge on any atom is 0.273 e. The molecule has 1 fully saturated rings. The number of nitrogens with zero attached hydrogens (tertiary/aromatic N) is 2. The second-order valence-electron chi connectivity index (χ2n) is 4.35. The Balaban J connectivity index is 1.72. The van der Waals surface area contributed by atoms with Crippen LogP contribution in [0.1, 0.15) is 16.9 Å². The van der Waals surface area contributed by atoms with Crippen LogP contribution in [0.5, 0.6) is 0 Å². The molecule has 6 nitrogen and oxygen atoms in total. The van der Waals surface area contributed by atoms with Gasteiger partial charge < -0.3 is 14.6 Å². The van der Waals surface area contributed by atoms with Gasteiger partial charge in [-0.15, -0.1) is 0 Å². The number of ether oxygens (including phenoxy) is 1. The molecule has 1 N–H and O–H groups in total. The minimum absolute atomic E-state index is 0.0635. The molecule has 1 saturated heterocycles. The van der Waals surface area contributed by atoms with Crippen LogP contribution in [-0.4, -0.2) is 35.3 Å². The molecule has 0 aromatic carbocycles. The summed E-state index contributed by atoms with van der Waals surface area (Å²) in [7, 11) is 0. The Morgan fingerprint density at radius 2 is 2.21 bits per heavy atom. The van der Waals surface area contributed by atoms with E-state index in [1.54, 1.807) is 30.6 Å². The highest BCUT2D eigenvalue weighted by Crippen LogP contribution is 2.19. The van der Waals surface area contributed by atoms with Crippen LogP contribution in [0, 0.1) is 0 Å². The number of carbonyl (C=O) groups excluding carboxylic acids is 1. The molecule has 2 aromatic rings. The number of carbonyl (C=O) groups is 1. The lowest BCUT2D eigenvalue weighted by Crippen LogP contribution is -2.35. The Kier molecular flexibility index (Phi) is 3.24. The van der Waals surface area contributed by atoms with E-state index in [0.29, 0.717) is 19.0 Å². The van der Waals surface area contributed by atoms with Crippen LogP contribution in [-0.2, 0) is 4.74 Å². The summed E-state index contributed by atoms with van der Waals surface area (Å²) in [6.07, 6.45) is 4.15. The minimum atomic E-state index is -0.237. The molecule has 6 heteroatoms. The van der Waals surface area contributed by atoms with E-state index in [-0.39, 0.29) is 17.6 Å². The number of rotatable bonds is 3. The largest absolute Gasteiger partial charge is 0.379 e. The first-order valence-electron chi connectivity index (χ1n) is 6.08. The number of pyridine rings is 1. The van der Waals surface area contributed by atoms with Gasteiger partial charge in [0, 0.05) is 30.6 Å². The van der Waals surface area contributed by atoms with Crippen LogP contribution < -0.4 is 5.32 Å². The summed E-state index contributed by atoms with van der Waals surface area (Å²) in [6.45, 7) is 1.24. The number of hydrogen-bond acceptors (Lipinski definition) is 5. The lowest BCUT2D eigenvalue weighted by atomic mass is 10.2. The van der Waals surface area contributed by atoms with Crippen LogP contribution >= 0.6 is 0 Å². The van der Waals surface area contributed by atoms with Crippen molar-refractivity contribution in [3.63, 3.8) is 0 Å². The van der Waals surface area contributed by atoms with Gasteiger partial charge in [-0.1, -0.05) is 5.16 Å². The Morgan fingerprint density at radius 3 is 2.95 bits per heavy atom. The van der Waals surface area contributed by atoms with Crippen molar-refractivity contribution in [2.45, 2.75) is 12.5 Å². The Bertz CT molecular complexity index is 562. The molecule has 0 aliphatic carbocycles. The molecule has 0 bridgehead atoms. The first-order chi connectivity index (χ1) is 9.33. The second kappa shape index (κ2) is 5.19. The average Bonchev–Trinajstić information content (AvgIpc) is 3.10. The fourth-order valence-corrected chi connectivity index (χ4v) is 1.94. The maximum absolute atomic E-state index is 11.9. The molecule has 1 unspecified atom stereocenters. The molecule has 1 aliphatic heterocycles. The zero-order valence-electron chi connectivity index (χ0n) is 10.2. The Morgan fingerprint density at radius 1 is 1.37 bits per heavy atom. The van der Waals surface area contributed by atoms with E-state index in [4.69, 9.17) is 9.26 Å². The van der Waals surface area contributed by atoms with Crippen molar-refractivity contribution in [3.05, 3.63) is 36.3 Å². The number of hydrogen-bond donors (Lipinski definition) is 1. The van der Waals surface area contributed by atoms with E-state index >= 15 is 0 Å². The van der Waals surface area contributed by atoms with Crippen molar-refractivity contribution in [3.8, 4) is 11.3 Å². The highest BCUT2D eigenvalue weighted by Gasteiger charge is 2.20. The van der Waals surface area contributed by atoms with Gasteiger partial charge in [0.05, 0.1) is 12.6 Å². The van der Waals surface area contributed by atoms with Crippen molar-refractivity contribution >= 4 is 5.91 Å². The van der Waals surface area contributed by atoms with E-state index in [1.165, 1.54) is 0 Å². The van der Waals surface area contributed by atoms with Gasteiger partial charge in [0.1, 0.15) is 0 Å². The topological polar surface area (TPSA) is 77.2 Å². The van der Waals surface area contributed by atoms with E-state index < -0.39 is 0 Å². The number of aromatic nitrogens is 2. The summed E-state index contributed by atoms with van der Waals surface area (Å²) in [5.41, 5.74) is 1.12. The highest BCUT2D eigenvalue weighted by atomic mass is 16.5. The van der Waals surface area contributed by atoms with Crippen LogP contribution in [0.3, 0.4) is 0 Å². The summed E-state index contributed by atoms with van der Waals surface area (Å²) in [4.78, 5) is 15.9. The van der Waals surface area contributed by atoms with Crippen LogP contribution in [0.4, 0.5) is 0 Å². The molecule has 19 heavy (non-hydrogen) atoms. The van der Waals surface area contributed by atoms with Crippen molar-refractivity contribution in [1.29, 1.82) is 0 Å². The lowest BCUT2D eigenvalue weighted by Gasteiger charge is -2.07. The van der Waals surface area contributed by atoms with Gasteiger partial charge in [-0.3, -0.25) is 9.78 Å². The molecule has 0 spiro atoms. The molecule has 0 saturated carbocycles. The highest BCUT2D eigenvalue weighted by molar-refractivity contribution is 5.93. The van der Waals surface area contributed by atoms with Gasteiger partial charge in [0.15, 0.2) is 11.5 Å². The zero-order chi connectivity index (χ0) is 13.1. The van der Waals surface area contributed by atoms with Crippen molar-refractivity contribution < 1.29 is 14.1 Å². The summed E-state index contributed by atoms with van der Waals surface area (Å²) in [5.74, 6) is 0.315. The number of amides is 1. The van der Waals surface area contributed by atoms with Gasteiger partial charge in [0.25, 0.3) is 5.91 Å². The Hall–Kier alpha value is -2.21. The molecule has 3 rings (SSSR count). The molecule has 2 aromatic heterocycles. The summed E-state index contributed by atoms with van der Waals surface area (Å²) in [6, 6.07) is 5.29. The predicted molar refractivity (Wildman–Crippen MR) is 66.4 cm³/mol. The molecule has 98 valence electrons. The van der Waals surface area contributed by atoms with E-state index in [2.05, 4.69) is 15.5 Å². The maximum atomic E-state index is 11.9. The lowest BCUT2D eigenvalue weighted by molar-refractivity contribution is 0.0921. The molecule has 1 amide bonds. The van der Waals surface area contributed by atoms with Crippen molar-refractivity contribution in [2.75, 3.05) is 13.2 Å². The fourth-order valence-electron chi connectivity index (χ4n) is 1.94. The second-order valence-corrected chi connectivity index (χ2v) is 4.35. The van der Waals surface area contributed by atoms with E-state index in [0.717, 1.165) is 12.0 Å². The smallest absolute Gasteiger partial charge is 0.273 e. The normalized spacial score (nSPS) is 18.4. The summed E-state index contributed by atoms with van der Waals surface area (Å²) in [5, 5.41) is 6.65. The van der Waals surface area contributed by atoms with E-state index in [9.17, 15) is 4.79 Å². The van der Waals surface area contributed by atoms with Gasteiger partial charge in [0.2, 0.25) is 0 Å². The van der Waals surface area contributed by atoms with Crippen molar-refractivity contribution in [1.82, 2.24) is 15.5 Å². The summed E-state index contributed by atoms with van der Waals surface area (Å²) < 4.78 is 10.4. The third kappa shape index (κ3) is 2.63. The monoisotopic (exact) mass is 259 g/mol. The molecule has 1 atom stereocenters. The molecular formula is C13H13N3O3. The third-order valence-corrected chi connectivity index (χ3v) is 2.97. The first kappa shape index (κ1) is 11.9.